The van der Waals surface area contributed by atoms with Gasteiger partial charge >= 0.3 is 5.97 Å². The third kappa shape index (κ3) is 5.19. The topological polar surface area (TPSA) is 92.4 Å². The molecule has 19 heavy (non-hydrogen) atoms. The molecule has 0 saturated heterocycles. The van der Waals surface area contributed by atoms with E-state index in [0.29, 0.717) is 25.9 Å². The van der Waals surface area contributed by atoms with Crippen LogP contribution in [0.4, 0.5) is 0 Å². The second-order valence-corrected chi connectivity index (χ2v) is 5.82. The standard InChI is InChI=1S/C14H26N2O3/c1-11(13(18)19)5-8-16-12(17)9-14(10-15)6-3-2-4-7-14/h11H,2-10,15H2,1H3,(H,16,17)(H,18,19). The molecule has 1 amide bonds. The van der Waals surface area contributed by atoms with Gasteiger partial charge in [0.1, 0.15) is 0 Å². The van der Waals surface area contributed by atoms with E-state index in [0.717, 1.165) is 25.7 Å². The summed E-state index contributed by atoms with van der Waals surface area (Å²) in [5.74, 6) is -1.23. The zero-order valence-electron chi connectivity index (χ0n) is 11.8. The Morgan fingerprint density at radius 1 is 1.32 bits per heavy atom. The van der Waals surface area contributed by atoms with Crippen LogP contribution in [-0.4, -0.2) is 30.1 Å². The maximum Gasteiger partial charge on any atom is 0.306 e. The number of hydrogen-bond donors (Lipinski definition) is 3. The maximum atomic E-state index is 11.9. The Hall–Kier alpha value is -1.10. The van der Waals surface area contributed by atoms with Gasteiger partial charge in [-0.25, -0.2) is 0 Å². The first-order valence-corrected chi connectivity index (χ1v) is 7.19. The average Bonchev–Trinajstić information content (AvgIpc) is 2.39. The molecule has 0 radical (unpaired) electrons. The van der Waals surface area contributed by atoms with Gasteiger partial charge in [-0.1, -0.05) is 26.2 Å². The molecule has 1 saturated carbocycles. The van der Waals surface area contributed by atoms with Crippen molar-refractivity contribution in [1.82, 2.24) is 5.32 Å². The number of nitrogens with two attached hydrogens (primary N) is 1. The van der Waals surface area contributed by atoms with Gasteiger partial charge in [-0.15, -0.1) is 0 Å². The van der Waals surface area contributed by atoms with Crippen LogP contribution in [0.5, 0.6) is 0 Å². The molecule has 1 atom stereocenters. The van der Waals surface area contributed by atoms with Gasteiger partial charge in [-0.2, -0.15) is 0 Å². The fourth-order valence-electron chi connectivity index (χ4n) is 2.71. The predicted octanol–water partition coefficient (Wildman–Crippen LogP) is 1.51. The van der Waals surface area contributed by atoms with Gasteiger partial charge in [0.25, 0.3) is 0 Å². The summed E-state index contributed by atoms with van der Waals surface area (Å²) in [6.07, 6.45) is 6.55. The van der Waals surface area contributed by atoms with Crippen molar-refractivity contribution in [2.24, 2.45) is 17.1 Å². The molecular formula is C14H26N2O3. The Kier molecular flexibility index (Phi) is 6.28. The lowest BCUT2D eigenvalue weighted by Crippen LogP contribution is -2.39. The van der Waals surface area contributed by atoms with Crippen LogP contribution in [0, 0.1) is 11.3 Å². The van der Waals surface area contributed by atoms with E-state index in [-0.39, 0.29) is 11.3 Å². The number of hydrogen-bond acceptors (Lipinski definition) is 3. The van der Waals surface area contributed by atoms with Crippen molar-refractivity contribution in [2.45, 2.75) is 51.9 Å². The normalized spacial score (nSPS) is 19.7. The molecule has 0 spiro atoms. The highest BCUT2D eigenvalue weighted by atomic mass is 16.4. The highest BCUT2D eigenvalue weighted by Crippen LogP contribution is 2.38. The Morgan fingerprint density at radius 2 is 1.95 bits per heavy atom. The van der Waals surface area contributed by atoms with Crippen molar-refractivity contribution in [1.29, 1.82) is 0 Å². The monoisotopic (exact) mass is 270 g/mol. The number of amides is 1. The van der Waals surface area contributed by atoms with Crippen LogP contribution < -0.4 is 11.1 Å². The zero-order chi connectivity index (χ0) is 14.3. The quantitative estimate of drug-likeness (QED) is 0.654. The Bertz CT molecular complexity index is 312. The second kappa shape index (κ2) is 7.48. The van der Waals surface area contributed by atoms with Crippen molar-refractivity contribution in [3.05, 3.63) is 0 Å². The summed E-state index contributed by atoms with van der Waals surface area (Å²) < 4.78 is 0. The van der Waals surface area contributed by atoms with Crippen LogP contribution in [0.2, 0.25) is 0 Å². The van der Waals surface area contributed by atoms with Crippen molar-refractivity contribution in [3.63, 3.8) is 0 Å². The van der Waals surface area contributed by atoms with Crippen molar-refractivity contribution in [3.8, 4) is 0 Å². The zero-order valence-corrected chi connectivity index (χ0v) is 11.8. The first-order valence-electron chi connectivity index (χ1n) is 7.19. The minimum absolute atomic E-state index is 0.00457. The van der Waals surface area contributed by atoms with Gasteiger partial charge in [-0.05, 0) is 31.2 Å². The molecule has 0 aliphatic heterocycles. The summed E-state index contributed by atoms with van der Waals surface area (Å²) in [5.41, 5.74) is 5.82. The summed E-state index contributed by atoms with van der Waals surface area (Å²) in [6, 6.07) is 0. The summed E-state index contributed by atoms with van der Waals surface area (Å²) in [6.45, 7) is 2.63. The van der Waals surface area contributed by atoms with Crippen molar-refractivity contribution >= 4 is 11.9 Å². The smallest absolute Gasteiger partial charge is 0.306 e. The fourth-order valence-corrected chi connectivity index (χ4v) is 2.71. The number of carboxylic acid groups (broad SMARTS) is 1. The molecule has 1 unspecified atom stereocenters. The molecule has 1 aliphatic rings. The molecule has 0 aromatic carbocycles. The van der Waals surface area contributed by atoms with Crippen molar-refractivity contribution in [2.75, 3.05) is 13.1 Å². The van der Waals surface area contributed by atoms with Gasteiger partial charge in [-0.3, -0.25) is 9.59 Å². The van der Waals surface area contributed by atoms with E-state index in [4.69, 9.17) is 10.8 Å². The molecule has 5 nitrogen and oxygen atoms in total. The maximum absolute atomic E-state index is 11.9. The molecule has 0 aromatic heterocycles. The van der Waals surface area contributed by atoms with Gasteiger partial charge in [0, 0.05) is 13.0 Å². The third-order valence-electron chi connectivity index (χ3n) is 4.20. The van der Waals surface area contributed by atoms with E-state index in [2.05, 4.69) is 5.32 Å². The molecule has 1 aliphatic carbocycles. The number of nitrogens with one attached hydrogen (secondary N) is 1. The molecular weight excluding hydrogens is 244 g/mol. The lowest BCUT2D eigenvalue weighted by atomic mass is 9.71. The minimum Gasteiger partial charge on any atom is -0.481 e. The molecule has 1 fully saturated rings. The molecule has 1 rings (SSSR count). The second-order valence-electron chi connectivity index (χ2n) is 5.82. The van der Waals surface area contributed by atoms with Gasteiger partial charge in [0.05, 0.1) is 5.92 Å². The lowest BCUT2D eigenvalue weighted by Gasteiger charge is -2.35. The fraction of sp³-hybridized carbons (Fsp3) is 0.857. The molecule has 0 heterocycles. The Morgan fingerprint density at radius 3 is 2.47 bits per heavy atom. The van der Waals surface area contributed by atoms with Gasteiger partial charge in [0.15, 0.2) is 0 Å². The van der Waals surface area contributed by atoms with E-state index in [1.807, 2.05) is 0 Å². The van der Waals surface area contributed by atoms with E-state index in [1.165, 1.54) is 6.42 Å². The number of carbonyl (C=O) groups excluding carboxylic acids is 1. The van der Waals surface area contributed by atoms with E-state index >= 15 is 0 Å². The molecule has 5 heteroatoms. The number of rotatable bonds is 7. The summed E-state index contributed by atoms with van der Waals surface area (Å²) in [7, 11) is 0. The first-order chi connectivity index (χ1) is 8.99. The third-order valence-corrected chi connectivity index (χ3v) is 4.20. The van der Waals surface area contributed by atoms with Crippen LogP contribution in [0.1, 0.15) is 51.9 Å². The van der Waals surface area contributed by atoms with Crippen LogP contribution in [0.25, 0.3) is 0 Å². The molecule has 0 aromatic rings. The van der Waals surface area contributed by atoms with Crippen molar-refractivity contribution < 1.29 is 14.7 Å². The Balaban J connectivity index is 2.31. The summed E-state index contributed by atoms with van der Waals surface area (Å²) in [4.78, 5) is 22.6. The molecule has 0 bridgehead atoms. The highest BCUT2D eigenvalue weighted by molar-refractivity contribution is 5.76. The SMILES string of the molecule is CC(CCNC(=O)CC1(CN)CCCCC1)C(=O)O. The minimum atomic E-state index is -0.819. The summed E-state index contributed by atoms with van der Waals surface area (Å²) in [5, 5.41) is 11.6. The van der Waals surface area contributed by atoms with Crippen LogP contribution in [0.3, 0.4) is 0 Å². The number of carboxylic acids is 1. The summed E-state index contributed by atoms with van der Waals surface area (Å²) >= 11 is 0. The van der Waals surface area contributed by atoms with Gasteiger partial charge < -0.3 is 16.2 Å². The lowest BCUT2D eigenvalue weighted by molar-refractivity contribution is -0.141. The van der Waals surface area contributed by atoms with Crippen LogP contribution >= 0.6 is 0 Å². The number of carbonyl (C=O) groups is 2. The largest absolute Gasteiger partial charge is 0.481 e. The predicted molar refractivity (Wildman–Crippen MR) is 73.6 cm³/mol. The van der Waals surface area contributed by atoms with E-state index in [1.54, 1.807) is 6.92 Å². The average molecular weight is 270 g/mol. The van der Waals surface area contributed by atoms with Crippen LogP contribution in [-0.2, 0) is 9.59 Å². The Labute approximate surface area is 114 Å². The van der Waals surface area contributed by atoms with E-state index in [9.17, 15) is 9.59 Å². The molecule has 110 valence electrons. The first kappa shape index (κ1) is 16.0. The number of aliphatic carboxylic acids is 1. The van der Waals surface area contributed by atoms with Gasteiger partial charge in [0.2, 0.25) is 5.91 Å². The molecule has 4 N–H and O–H groups in total. The van der Waals surface area contributed by atoms with E-state index < -0.39 is 11.9 Å². The van der Waals surface area contributed by atoms with Crippen LogP contribution in [0.15, 0.2) is 0 Å². The highest BCUT2D eigenvalue weighted by Gasteiger charge is 2.32.